The van der Waals surface area contributed by atoms with Crippen LogP contribution in [0.25, 0.3) is 0 Å². The first-order chi connectivity index (χ1) is 10.6. The summed E-state index contributed by atoms with van der Waals surface area (Å²) in [6.07, 6.45) is 3.47. The van der Waals surface area contributed by atoms with Crippen LogP contribution in [0.15, 0.2) is 40.0 Å². The van der Waals surface area contributed by atoms with Gasteiger partial charge in [0, 0.05) is 46.3 Å². The molecule has 5 nitrogen and oxygen atoms in total. The number of nitrogens with zero attached hydrogens (tertiary/aromatic N) is 2. The van der Waals surface area contributed by atoms with Gasteiger partial charge in [-0.1, -0.05) is 12.2 Å². The third kappa shape index (κ3) is 10.4. The van der Waals surface area contributed by atoms with Gasteiger partial charge in [0.05, 0.1) is 6.26 Å². The van der Waals surface area contributed by atoms with Crippen molar-refractivity contribution in [3.8, 4) is 0 Å². The van der Waals surface area contributed by atoms with Crippen molar-refractivity contribution in [1.29, 1.82) is 0 Å². The molecule has 1 heterocycles. The zero-order chi connectivity index (χ0) is 16.2. The van der Waals surface area contributed by atoms with E-state index in [9.17, 15) is 0 Å². The number of likely N-dealkylation sites (N-methyl/N-ethyl adjacent to an activating group) is 1. The molecule has 0 aliphatic rings. The van der Waals surface area contributed by atoms with Crippen LogP contribution in [-0.2, 0) is 11.2 Å². The van der Waals surface area contributed by atoms with E-state index in [2.05, 4.69) is 21.8 Å². The maximum absolute atomic E-state index is 5.34. The molecule has 0 saturated carbocycles. The lowest BCUT2D eigenvalue weighted by Crippen LogP contribution is -2.40. The van der Waals surface area contributed by atoms with Crippen molar-refractivity contribution in [2.24, 2.45) is 4.99 Å². The number of nitrogens with one attached hydrogen (secondary N) is 1. The Kier molecular flexibility index (Phi) is 12.8. The molecule has 1 aromatic heterocycles. The summed E-state index contributed by atoms with van der Waals surface area (Å²) in [4.78, 5) is 6.74. The molecule has 1 aromatic rings. The molecule has 0 amide bonds. The summed E-state index contributed by atoms with van der Waals surface area (Å²) < 4.78 is 10.7. The predicted molar refractivity (Wildman–Crippen MR) is 107 cm³/mol. The van der Waals surface area contributed by atoms with Crippen LogP contribution in [0, 0.1) is 0 Å². The number of hydrogen-bond acceptors (Lipinski definition) is 3. The van der Waals surface area contributed by atoms with E-state index < -0.39 is 0 Å². The summed E-state index contributed by atoms with van der Waals surface area (Å²) in [5.41, 5.74) is 1.11. The van der Waals surface area contributed by atoms with Gasteiger partial charge in [0.1, 0.15) is 5.76 Å². The first-order valence-corrected chi connectivity index (χ1v) is 7.87. The Labute approximate surface area is 157 Å². The first kappa shape index (κ1) is 22.0. The predicted octanol–water partition coefficient (Wildman–Crippen LogP) is 3.32. The van der Waals surface area contributed by atoms with Crippen molar-refractivity contribution in [3.05, 3.63) is 36.3 Å². The van der Waals surface area contributed by atoms with Crippen molar-refractivity contribution in [3.63, 3.8) is 0 Å². The highest BCUT2D eigenvalue weighted by Crippen LogP contribution is 2.00. The molecular weight excluding hydrogens is 405 g/mol. The minimum atomic E-state index is 0. The molecule has 0 radical (unpaired) electrons. The van der Waals surface area contributed by atoms with Gasteiger partial charge in [-0.2, -0.15) is 0 Å². The van der Waals surface area contributed by atoms with E-state index >= 15 is 0 Å². The first-order valence-electron chi connectivity index (χ1n) is 7.87. The zero-order valence-electron chi connectivity index (χ0n) is 14.5. The van der Waals surface area contributed by atoms with E-state index in [0.29, 0.717) is 0 Å². The second-order valence-electron chi connectivity index (χ2n) is 5.33. The van der Waals surface area contributed by atoms with E-state index in [1.165, 1.54) is 0 Å². The average molecular weight is 435 g/mol. The maximum Gasteiger partial charge on any atom is 0.193 e. The fourth-order valence-corrected chi connectivity index (χ4v) is 2.04. The van der Waals surface area contributed by atoms with Crippen LogP contribution >= 0.6 is 24.0 Å². The highest BCUT2D eigenvalue weighted by Gasteiger charge is 2.06. The van der Waals surface area contributed by atoms with Gasteiger partial charge in [-0.15, -0.1) is 24.0 Å². The Morgan fingerprint density at radius 2 is 2.26 bits per heavy atom. The third-order valence-electron chi connectivity index (χ3n) is 3.02. The van der Waals surface area contributed by atoms with Crippen molar-refractivity contribution in [2.75, 3.05) is 39.9 Å². The second-order valence-corrected chi connectivity index (χ2v) is 5.33. The quantitative estimate of drug-likeness (QED) is 0.202. The SMILES string of the molecule is C=C(C)CN(C)C(=NCCCOCC)NCCc1ccco1.I. The second kappa shape index (κ2) is 13.4. The molecule has 0 aliphatic heterocycles. The number of furan rings is 1. The molecule has 0 unspecified atom stereocenters. The largest absolute Gasteiger partial charge is 0.469 e. The highest BCUT2D eigenvalue weighted by molar-refractivity contribution is 14.0. The van der Waals surface area contributed by atoms with Crippen LogP contribution in [0.1, 0.15) is 26.0 Å². The number of rotatable bonds is 10. The minimum Gasteiger partial charge on any atom is -0.469 e. The molecule has 1 N–H and O–H groups in total. The molecular formula is C17H30IN3O2. The van der Waals surface area contributed by atoms with E-state index in [1.807, 2.05) is 33.0 Å². The van der Waals surface area contributed by atoms with E-state index in [1.54, 1.807) is 6.26 Å². The van der Waals surface area contributed by atoms with Crippen LogP contribution in [0.3, 0.4) is 0 Å². The minimum absolute atomic E-state index is 0. The fourth-order valence-electron chi connectivity index (χ4n) is 2.04. The summed E-state index contributed by atoms with van der Waals surface area (Å²) in [7, 11) is 2.02. The average Bonchev–Trinajstić information content (AvgIpc) is 2.97. The normalized spacial score (nSPS) is 11.0. The molecule has 0 fully saturated rings. The number of hydrogen-bond donors (Lipinski definition) is 1. The molecule has 23 heavy (non-hydrogen) atoms. The van der Waals surface area contributed by atoms with Crippen molar-refractivity contribution < 1.29 is 9.15 Å². The summed E-state index contributed by atoms with van der Waals surface area (Å²) >= 11 is 0. The molecule has 0 aliphatic carbocycles. The number of aliphatic imine (C=N–C) groups is 1. The number of halogens is 1. The molecule has 6 heteroatoms. The summed E-state index contributed by atoms with van der Waals surface area (Å²) in [6, 6.07) is 3.89. The molecule has 0 bridgehead atoms. The number of ether oxygens (including phenoxy) is 1. The van der Waals surface area contributed by atoms with Gasteiger partial charge >= 0.3 is 0 Å². The molecule has 132 valence electrons. The molecule has 1 rings (SSSR count). The van der Waals surface area contributed by atoms with E-state index in [4.69, 9.17) is 9.15 Å². The van der Waals surface area contributed by atoms with Crippen LogP contribution in [0.5, 0.6) is 0 Å². The van der Waals surface area contributed by atoms with Gasteiger partial charge in [0.25, 0.3) is 0 Å². The Bertz CT molecular complexity index is 447. The maximum atomic E-state index is 5.34. The lowest BCUT2D eigenvalue weighted by Gasteiger charge is -2.22. The summed E-state index contributed by atoms with van der Waals surface area (Å²) in [5, 5.41) is 3.39. The Balaban J connectivity index is 0.00000484. The summed E-state index contributed by atoms with van der Waals surface area (Å²) in [5.74, 6) is 1.87. The molecule has 0 saturated heterocycles. The van der Waals surface area contributed by atoms with E-state index in [-0.39, 0.29) is 24.0 Å². The van der Waals surface area contributed by atoms with Gasteiger partial charge in [-0.3, -0.25) is 4.99 Å². The van der Waals surface area contributed by atoms with Crippen LogP contribution < -0.4 is 5.32 Å². The molecule has 0 atom stereocenters. The van der Waals surface area contributed by atoms with Gasteiger partial charge in [-0.05, 0) is 32.4 Å². The Morgan fingerprint density at radius 1 is 1.48 bits per heavy atom. The van der Waals surface area contributed by atoms with E-state index in [0.717, 1.165) is 63.0 Å². The number of guanidine groups is 1. The van der Waals surface area contributed by atoms with Crippen molar-refractivity contribution in [1.82, 2.24) is 10.2 Å². The van der Waals surface area contributed by atoms with Crippen molar-refractivity contribution in [2.45, 2.75) is 26.7 Å². The topological polar surface area (TPSA) is 50.0 Å². The lowest BCUT2D eigenvalue weighted by atomic mass is 10.3. The smallest absolute Gasteiger partial charge is 0.193 e. The van der Waals surface area contributed by atoms with Gasteiger partial charge in [-0.25, -0.2) is 0 Å². The molecule has 0 spiro atoms. The monoisotopic (exact) mass is 435 g/mol. The van der Waals surface area contributed by atoms with Gasteiger partial charge in [0.15, 0.2) is 5.96 Å². The van der Waals surface area contributed by atoms with Crippen molar-refractivity contribution >= 4 is 29.9 Å². The summed E-state index contributed by atoms with van der Waals surface area (Å²) in [6.45, 7) is 11.8. The Morgan fingerprint density at radius 3 is 2.87 bits per heavy atom. The van der Waals surface area contributed by atoms with Crippen LogP contribution in [0.4, 0.5) is 0 Å². The third-order valence-corrected chi connectivity index (χ3v) is 3.02. The zero-order valence-corrected chi connectivity index (χ0v) is 16.8. The van der Waals surface area contributed by atoms with Gasteiger partial charge < -0.3 is 19.4 Å². The highest BCUT2D eigenvalue weighted by atomic mass is 127. The van der Waals surface area contributed by atoms with Gasteiger partial charge in [0.2, 0.25) is 0 Å². The molecule has 0 aromatic carbocycles. The Hall–Kier alpha value is -1.02. The van der Waals surface area contributed by atoms with Crippen LogP contribution in [-0.4, -0.2) is 50.8 Å². The fraction of sp³-hybridized carbons (Fsp3) is 0.588. The lowest BCUT2D eigenvalue weighted by molar-refractivity contribution is 0.146. The standard InChI is InChI=1S/C17H29N3O2.HI/c1-5-21-12-7-10-18-17(20(4)14-15(2)3)19-11-9-16-8-6-13-22-16;/h6,8,13H,2,5,7,9-12,14H2,1,3-4H3,(H,18,19);1H. The van der Waals surface area contributed by atoms with Crippen LogP contribution in [0.2, 0.25) is 0 Å².